The van der Waals surface area contributed by atoms with Crippen molar-refractivity contribution in [1.82, 2.24) is 24.6 Å². The highest BCUT2D eigenvalue weighted by Gasteiger charge is 2.22. The maximum Gasteiger partial charge on any atom is 0.266 e. The van der Waals surface area contributed by atoms with Gasteiger partial charge in [0.2, 0.25) is 5.91 Å². The molecule has 1 N–H and O–H groups in total. The minimum absolute atomic E-state index is 0.0303. The molecule has 1 aliphatic rings. The van der Waals surface area contributed by atoms with Crippen molar-refractivity contribution in [1.29, 1.82) is 0 Å². The van der Waals surface area contributed by atoms with Crippen LogP contribution in [0.15, 0.2) is 15.5 Å². The summed E-state index contributed by atoms with van der Waals surface area (Å²) in [6.45, 7) is 4.71. The van der Waals surface area contributed by atoms with Gasteiger partial charge in [0.1, 0.15) is 11.4 Å². The first-order valence-corrected chi connectivity index (χ1v) is 8.28. The Kier molecular flexibility index (Phi) is 4.93. The van der Waals surface area contributed by atoms with Crippen molar-refractivity contribution in [3.8, 4) is 11.5 Å². The summed E-state index contributed by atoms with van der Waals surface area (Å²) in [7, 11) is 0. The van der Waals surface area contributed by atoms with Crippen LogP contribution >= 0.6 is 0 Å². The molecule has 3 heterocycles. The van der Waals surface area contributed by atoms with E-state index in [4.69, 9.17) is 4.52 Å². The third-order valence-electron chi connectivity index (χ3n) is 4.37. The van der Waals surface area contributed by atoms with E-state index in [1.165, 1.54) is 10.8 Å². The molecule has 25 heavy (non-hydrogen) atoms. The predicted octanol–water partition coefficient (Wildman–Crippen LogP) is 0.284. The second-order valence-electron chi connectivity index (χ2n) is 6.18. The quantitative estimate of drug-likeness (QED) is 0.845. The molecule has 1 fully saturated rings. The van der Waals surface area contributed by atoms with Crippen molar-refractivity contribution in [3.63, 3.8) is 0 Å². The van der Waals surface area contributed by atoms with Crippen LogP contribution in [0.2, 0.25) is 0 Å². The maximum absolute atomic E-state index is 12.7. The largest absolute Gasteiger partial charge is 0.393 e. The number of piperidine rings is 1. The van der Waals surface area contributed by atoms with Gasteiger partial charge in [-0.15, -0.1) is 0 Å². The van der Waals surface area contributed by atoms with Gasteiger partial charge in [0.05, 0.1) is 6.10 Å². The molecule has 0 saturated carbocycles. The fourth-order valence-corrected chi connectivity index (χ4v) is 2.87. The van der Waals surface area contributed by atoms with Crippen LogP contribution in [0.4, 0.5) is 0 Å². The van der Waals surface area contributed by atoms with Gasteiger partial charge in [0.15, 0.2) is 5.82 Å². The van der Waals surface area contributed by atoms with Gasteiger partial charge in [-0.1, -0.05) is 5.16 Å². The summed E-state index contributed by atoms with van der Waals surface area (Å²) >= 11 is 0. The number of likely N-dealkylation sites (tertiary alicyclic amines) is 1. The molecule has 9 nitrogen and oxygen atoms in total. The molecule has 1 aliphatic heterocycles. The number of rotatable bonds is 4. The van der Waals surface area contributed by atoms with E-state index in [1.807, 2.05) is 0 Å². The molecule has 9 heteroatoms. The van der Waals surface area contributed by atoms with E-state index >= 15 is 0 Å². The fourth-order valence-electron chi connectivity index (χ4n) is 2.87. The molecule has 0 atom stereocenters. The highest BCUT2D eigenvalue weighted by molar-refractivity contribution is 5.76. The highest BCUT2D eigenvalue weighted by Crippen LogP contribution is 2.13. The average molecular weight is 347 g/mol. The molecule has 0 unspecified atom stereocenters. The molecule has 0 bridgehead atoms. The van der Waals surface area contributed by atoms with Crippen molar-refractivity contribution in [3.05, 3.63) is 28.2 Å². The monoisotopic (exact) mass is 347 g/mol. The van der Waals surface area contributed by atoms with Gasteiger partial charge < -0.3 is 14.5 Å². The number of amides is 1. The van der Waals surface area contributed by atoms with Crippen LogP contribution in [0.1, 0.15) is 30.9 Å². The molecule has 0 aromatic carbocycles. The van der Waals surface area contributed by atoms with Crippen LogP contribution < -0.4 is 5.56 Å². The lowest BCUT2D eigenvalue weighted by molar-refractivity contribution is -0.133. The number of aryl methyl sites for hydroxylation is 2. The molecule has 1 amide bonds. The number of aliphatic hydroxyl groups is 1. The van der Waals surface area contributed by atoms with Gasteiger partial charge in [-0.05, 0) is 26.7 Å². The minimum atomic E-state index is -0.326. The van der Waals surface area contributed by atoms with Crippen LogP contribution in [-0.2, 0) is 11.3 Å². The Bertz CT molecular complexity index is 820. The van der Waals surface area contributed by atoms with Gasteiger partial charge in [-0.2, -0.15) is 4.98 Å². The lowest BCUT2D eigenvalue weighted by Gasteiger charge is -2.29. The smallest absolute Gasteiger partial charge is 0.266 e. The molecule has 0 spiro atoms. The first-order chi connectivity index (χ1) is 12.0. The maximum atomic E-state index is 12.7. The topological polar surface area (TPSA) is 114 Å². The Hall–Kier alpha value is -2.55. The van der Waals surface area contributed by atoms with E-state index in [0.717, 1.165) is 0 Å². The highest BCUT2D eigenvalue weighted by atomic mass is 16.5. The summed E-state index contributed by atoms with van der Waals surface area (Å²) in [5.74, 6) is 1.05. The zero-order valence-corrected chi connectivity index (χ0v) is 14.3. The van der Waals surface area contributed by atoms with Crippen LogP contribution in [0.25, 0.3) is 11.5 Å². The summed E-state index contributed by atoms with van der Waals surface area (Å²) < 4.78 is 6.49. The summed E-state index contributed by atoms with van der Waals surface area (Å²) in [6.07, 6.45) is 2.48. The lowest BCUT2D eigenvalue weighted by atomic mass is 10.1. The van der Waals surface area contributed by atoms with Crippen molar-refractivity contribution < 1.29 is 14.4 Å². The first kappa shape index (κ1) is 17.3. The Labute approximate surface area is 144 Å². The average Bonchev–Trinajstić information content (AvgIpc) is 3.01. The SMILES string of the molecule is Cc1noc(-c2cnc(C)n(CCC(=O)N3CCC(O)CC3)c2=O)n1. The molecule has 0 radical (unpaired) electrons. The minimum Gasteiger partial charge on any atom is -0.393 e. The van der Waals surface area contributed by atoms with E-state index in [2.05, 4.69) is 15.1 Å². The van der Waals surface area contributed by atoms with Crippen molar-refractivity contribution >= 4 is 5.91 Å². The zero-order valence-electron chi connectivity index (χ0n) is 14.3. The van der Waals surface area contributed by atoms with Crippen LogP contribution in [0, 0.1) is 13.8 Å². The van der Waals surface area contributed by atoms with E-state index in [1.54, 1.807) is 18.7 Å². The molecule has 1 saturated heterocycles. The molecular weight excluding hydrogens is 326 g/mol. The van der Waals surface area contributed by atoms with Crippen LogP contribution in [-0.4, -0.2) is 54.8 Å². The normalized spacial score (nSPS) is 15.6. The number of carbonyl (C=O) groups excluding carboxylic acids is 1. The van der Waals surface area contributed by atoms with Crippen molar-refractivity contribution in [2.45, 2.75) is 45.8 Å². The van der Waals surface area contributed by atoms with E-state index in [0.29, 0.717) is 37.6 Å². The summed E-state index contributed by atoms with van der Waals surface area (Å²) in [4.78, 5) is 35.0. The first-order valence-electron chi connectivity index (χ1n) is 8.28. The second-order valence-corrected chi connectivity index (χ2v) is 6.18. The molecular formula is C16H21N5O4. The Morgan fingerprint density at radius 1 is 1.36 bits per heavy atom. The van der Waals surface area contributed by atoms with Gasteiger partial charge in [-0.25, -0.2) is 4.98 Å². The van der Waals surface area contributed by atoms with Crippen LogP contribution in [0.3, 0.4) is 0 Å². The van der Waals surface area contributed by atoms with Gasteiger partial charge >= 0.3 is 0 Å². The number of aliphatic hydroxyl groups excluding tert-OH is 1. The molecule has 2 aromatic rings. The van der Waals surface area contributed by atoms with Gasteiger partial charge in [0.25, 0.3) is 11.4 Å². The number of hydrogen-bond acceptors (Lipinski definition) is 7. The fraction of sp³-hybridized carbons (Fsp3) is 0.562. The van der Waals surface area contributed by atoms with E-state index in [-0.39, 0.29) is 42.0 Å². The Balaban J connectivity index is 1.74. The lowest BCUT2D eigenvalue weighted by Crippen LogP contribution is -2.40. The summed E-state index contributed by atoms with van der Waals surface area (Å²) in [6, 6.07) is 0. The van der Waals surface area contributed by atoms with Gasteiger partial charge in [0, 0.05) is 32.3 Å². The standard InChI is InChI=1S/C16H21N5O4/c1-10-18-15(25-19-10)13-9-17-11(2)21(16(13)24)8-5-14(23)20-6-3-12(22)4-7-20/h9,12,22H,3-8H2,1-2H3. The third-order valence-corrected chi connectivity index (χ3v) is 4.37. The summed E-state index contributed by atoms with van der Waals surface area (Å²) in [5, 5.41) is 13.2. The molecule has 0 aliphatic carbocycles. The Morgan fingerprint density at radius 3 is 2.72 bits per heavy atom. The van der Waals surface area contributed by atoms with Crippen molar-refractivity contribution in [2.75, 3.05) is 13.1 Å². The van der Waals surface area contributed by atoms with Gasteiger partial charge in [-0.3, -0.25) is 14.2 Å². The molecule has 3 rings (SSSR count). The van der Waals surface area contributed by atoms with E-state index < -0.39 is 0 Å². The number of aromatic nitrogens is 4. The number of carbonyl (C=O) groups is 1. The number of hydrogen-bond donors (Lipinski definition) is 1. The zero-order chi connectivity index (χ0) is 18.0. The van der Waals surface area contributed by atoms with Crippen molar-refractivity contribution in [2.24, 2.45) is 0 Å². The molecule has 2 aromatic heterocycles. The van der Waals surface area contributed by atoms with E-state index in [9.17, 15) is 14.7 Å². The van der Waals surface area contributed by atoms with Crippen LogP contribution in [0.5, 0.6) is 0 Å². The Morgan fingerprint density at radius 2 is 2.08 bits per heavy atom. The number of nitrogens with zero attached hydrogens (tertiary/aromatic N) is 5. The predicted molar refractivity (Wildman–Crippen MR) is 87.7 cm³/mol. The third kappa shape index (κ3) is 3.76. The summed E-state index contributed by atoms with van der Waals surface area (Å²) in [5.41, 5.74) is -0.0854. The second kappa shape index (κ2) is 7.14. The molecule has 134 valence electrons.